The maximum absolute atomic E-state index is 11.4. The molecule has 0 amide bonds. The summed E-state index contributed by atoms with van der Waals surface area (Å²) < 4.78 is 11.5. The summed E-state index contributed by atoms with van der Waals surface area (Å²) in [6.45, 7) is 8.90. The average molecular weight is 413 g/mol. The Hall–Kier alpha value is -2.21. The zero-order chi connectivity index (χ0) is 21.3. The molecule has 0 bridgehead atoms. The van der Waals surface area contributed by atoms with Crippen LogP contribution in [0.5, 0.6) is 0 Å². The number of esters is 1. The van der Waals surface area contributed by atoms with Crippen molar-refractivity contribution in [3.63, 3.8) is 0 Å². The van der Waals surface area contributed by atoms with E-state index in [1.54, 1.807) is 13.0 Å². The zero-order valence-electron chi connectivity index (χ0n) is 17.8. The first kappa shape index (κ1) is 23.1. The molecule has 2 aromatic rings. The molecule has 29 heavy (non-hydrogen) atoms. The number of hydrogen-bond donors (Lipinski definition) is 1. The fourth-order valence-electron chi connectivity index (χ4n) is 3.56. The Kier molecular flexibility index (Phi) is 8.38. The lowest BCUT2D eigenvalue weighted by Crippen LogP contribution is -2.67. The maximum Gasteiger partial charge on any atom is 0.330 e. The third kappa shape index (κ3) is 5.89. The Morgan fingerprint density at radius 1 is 1.03 bits per heavy atom. The van der Waals surface area contributed by atoms with Gasteiger partial charge < -0.3 is 14.3 Å². The first-order valence-corrected chi connectivity index (χ1v) is 12.0. The number of carbonyl (C=O) groups excluding carboxylic acids is 1. The minimum atomic E-state index is -2.66. The summed E-state index contributed by atoms with van der Waals surface area (Å²) in [6.07, 6.45) is 2.62. The minimum absolute atomic E-state index is 0.143. The van der Waals surface area contributed by atoms with Crippen LogP contribution in [-0.4, -0.2) is 38.7 Å². The maximum atomic E-state index is 11.4. The molecule has 0 unspecified atom stereocenters. The molecule has 0 aliphatic carbocycles. The van der Waals surface area contributed by atoms with Crippen molar-refractivity contribution in [3.05, 3.63) is 72.8 Å². The van der Waals surface area contributed by atoms with Crippen LogP contribution in [0.2, 0.25) is 5.04 Å². The third-order valence-electron chi connectivity index (χ3n) is 4.86. The van der Waals surface area contributed by atoms with E-state index in [4.69, 9.17) is 9.16 Å². The lowest BCUT2D eigenvalue weighted by molar-refractivity contribution is -0.137. The Morgan fingerprint density at radius 3 is 2.00 bits per heavy atom. The van der Waals surface area contributed by atoms with Gasteiger partial charge in [-0.2, -0.15) is 0 Å². The lowest BCUT2D eigenvalue weighted by atomic mass is 10.2. The summed E-state index contributed by atoms with van der Waals surface area (Å²) in [5, 5.41) is 12.7. The van der Waals surface area contributed by atoms with Gasteiger partial charge in [0.05, 0.1) is 19.3 Å². The summed E-state index contributed by atoms with van der Waals surface area (Å²) >= 11 is 0. The number of carbonyl (C=O) groups is 1. The highest BCUT2D eigenvalue weighted by Gasteiger charge is 2.50. The highest BCUT2D eigenvalue weighted by Crippen LogP contribution is 2.36. The highest BCUT2D eigenvalue weighted by molar-refractivity contribution is 6.99. The van der Waals surface area contributed by atoms with Crippen molar-refractivity contribution in [1.82, 2.24) is 0 Å². The van der Waals surface area contributed by atoms with Crippen LogP contribution in [0, 0.1) is 0 Å². The van der Waals surface area contributed by atoms with Crippen LogP contribution in [0.15, 0.2) is 72.8 Å². The highest BCUT2D eigenvalue weighted by atomic mass is 28.4. The molecule has 0 aliphatic rings. The van der Waals surface area contributed by atoms with Gasteiger partial charge in [0.2, 0.25) is 0 Å². The van der Waals surface area contributed by atoms with Crippen molar-refractivity contribution in [1.29, 1.82) is 0 Å². The van der Waals surface area contributed by atoms with Gasteiger partial charge in [0, 0.05) is 6.08 Å². The van der Waals surface area contributed by atoms with E-state index in [1.807, 2.05) is 36.4 Å². The quantitative estimate of drug-likeness (QED) is 0.389. The van der Waals surface area contributed by atoms with Crippen molar-refractivity contribution >= 4 is 24.7 Å². The zero-order valence-corrected chi connectivity index (χ0v) is 18.8. The van der Waals surface area contributed by atoms with Crippen molar-refractivity contribution in [2.24, 2.45) is 0 Å². The number of benzene rings is 2. The fraction of sp³-hybridized carbons (Fsp3) is 0.375. The molecule has 4 nitrogen and oxygen atoms in total. The summed E-state index contributed by atoms with van der Waals surface area (Å²) in [5.74, 6) is -0.396. The van der Waals surface area contributed by atoms with Gasteiger partial charge in [-0.25, -0.2) is 4.79 Å². The standard InChI is InChI=1S/C24H32O4Si/c1-5-27-23(26)18-12-13-20(25)19-28-29(24(2,3)4,21-14-8-6-9-15-21)22-16-10-7-11-17-22/h6-12,14-18,20,25H,5,13,19H2,1-4H3/t20-/m0/s1. The van der Waals surface area contributed by atoms with Crippen LogP contribution in [0.4, 0.5) is 0 Å². The van der Waals surface area contributed by atoms with E-state index >= 15 is 0 Å². The molecule has 0 aromatic heterocycles. The number of aliphatic hydroxyl groups is 1. The van der Waals surface area contributed by atoms with Crippen LogP contribution in [0.3, 0.4) is 0 Å². The molecular formula is C24H32O4Si. The van der Waals surface area contributed by atoms with E-state index in [9.17, 15) is 9.90 Å². The van der Waals surface area contributed by atoms with Gasteiger partial charge in [0.1, 0.15) is 0 Å². The minimum Gasteiger partial charge on any atom is -0.463 e. The molecule has 0 fully saturated rings. The van der Waals surface area contributed by atoms with Gasteiger partial charge in [-0.3, -0.25) is 0 Å². The predicted octanol–water partition coefficient (Wildman–Crippen LogP) is 3.43. The van der Waals surface area contributed by atoms with Gasteiger partial charge >= 0.3 is 5.97 Å². The van der Waals surface area contributed by atoms with E-state index in [0.29, 0.717) is 13.0 Å². The summed E-state index contributed by atoms with van der Waals surface area (Å²) in [4.78, 5) is 11.4. The molecule has 0 radical (unpaired) electrons. The molecule has 2 rings (SSSR count). The van der Waals surface area contributed by atoms with Crippen molar-refractivity contribution in [3.8, 4) is 0 Å². The van der Waals surface area contributed by atoms with Gasteiger partial charge in [-0.05, 0) is 28.8 Å². The van der Waals surface area contributed by atoms with Crippen LogP contribution < -0.4 is 10.4 Å². The van der Waals surface area contributed by atoms with E-state index in [1.165, 1.54) is 16.4 Å². The molecule has 1 N–H and O–H groups in total. The Morgan fingerprint density at radius 2 is 1.55 bits per heavy atom. The summed E-state index contributed by atoms with van der Waals surface area (Å²) in [5.41, 5.74) is 0. The van der Waals surface area contributed by atoms with E-state index in [2.05, 4.69) is 45.0 Å². The second kappa shape index (κ2) is 10.5. The van der Waals surface area contributed by atoms with E-state index in [0.717, 1.165) is 0 Å². The SMILES string of the molecule is CCOC(=O)C=CC[C@H](O)CO[Si](c1ccccc1)(c1ccccc1)C(C)(C)C. The van der Waals surface area contributed by atoms with Crippen LogP contribution in [0.1, 0.15) is 34.1 Å². The van der Waals surface area contributed by atoms with Gasteiger partial charge in [-0.1, -0.05) is 87.5 Å². The third-order valence-corrected chi connectivity index (χ3v) is 9.86. The summed E-state index contributed by atoms with van der Waals surface area (Å²) in [6, 6.07) is 20.6. The first-order valence-electron chi connectivity index (χ1n) is 10.1. The normalized spacial score (nSPS) is 13.4. The monoisotopic (exact) mass is 412 g/mol. The lowest BCUT2D eigenvalue weighted by Gasteiger charge is -2.43. The van der Waals surface area contributed by atoms with Crippen LogP contribution in [-0.2, 0) is 14.0 Å². The molecule has 5 heteroatoms. The molecule has 1 atom stereocenters. The largest absolute Gasteiger partial charge is 0.463 e. The van der Waals surface area contributed by atoms with E-state index < -0.39 is 20.4 Å². The number of aliphatic hydroxyl groups excluding tert-OH is 1. The van der Waals surface area contributed by atoms with Gasteiger partial charge in [0.25, 0.3) is 8.32 Å². The van der Waals surface area contributed by atoms with Crippen molar-refractivity contribution in [2.45, 2.75) is 45.3 Å². The second-order valence-electron chi connectivity index (χ2n) is 8.02. The number of rotatable bonds is 9. The predicted molar refractivity (Wildman–Crippen MR) is 120 cm³/mol. The first-order chi connectivity index (χ1) is 13.8. The molecule has 0 saturated heterocycles. The summed E-state index contributed by atoms with van der Waals surface area (Å²) in [7, 11) is -2.66. The molecular weight excluding hydrogens is 380 g/mol. The Balaban J connectivity index is 2.28. The van der Waals surface area contributed by atoms with Crippen molar-refractivity contribution in [2.75, 3.05) is 13.2 Å². The molecule has 0 saturated carbocycles. The Labute approximate surface area is 175 Å². The van der Waals surface area contributed by atoms with E-state index in [-0.39, 0.29) is 11.6 Å². The number of hydrogen-bond acceptors (Lipinski definition) is 4. The average Bonchev–Trinajstić information content (AvgIpc) is 2.69. The second-order valence-corrected chi connectivity index (χ2v) is 12.3. The molecule has 2 aromatic carbocycles. The molecule has 0 aliphatic heterocycles. The van der Waals surface area contributed by atoms with Gasteiger partial charge in [-0.15, -0.1) is 0 Å². The van der Waals surface area contributed by atoms with Gasteiger partial charge in [0.15, 0.2) is 0 Å². The Bertz CT molecular complexity index is 742. The topological polar surface area (TPSA) is 55.8 Å². The molecule has 156 valence electrons. The fourth-order valence-corrected chi connectivity index (χ4v) is 8.16. The van der Waals surface area contributed by atoms with Crippen LogP contribution >= 0.6 is 0 Å². The molecule has 0 spiro atoms. The molecule has 0 heterocycles. The smallest absolute Gasteiger partial charge is 0.330 e. The van der Waals surface area contributed by atoms with Crippen LogP contribution in [0.25, 0.3) is 0 Å². The number of ether oxygens (including phenoxy) is 1. The van der Waals surface area contributed by atoms with Crippen molar-refractivity contribution < 1.29 is 19.1 Å².